The van der Waals surface area contributed by atoms with Crippen molar-refractivity contribution in [3.8, 4) is 0 Å². The van der Waals surface area contributed by atoms with Gasteiger partial charge in [-0.15, -0.1) is 4.99 Å². The predicted octanol–water partition coefficient (Wildman–Crippen LogP) is 1.61. The van der Waals surface area contributed by atoms with Crippen LogP contribution in [-0.2, 0) is 0 Å². The normalized spacial score (nSPS) is 17.0. The van der Waals surface area contributed by atoms with Gasteiger partial charge < -0.3 is 4.85 Å². The standard InChI is InChI=1S/C6H6N2/c1-5-3-4-8-6(5)7-2/h4H,3H2,1H3. The molecule has 1 heterocycles. The van der Waals surface area contributed by atoms with Crippen LogP contribution in [0.25, 0.3) is 4.85 Å². The van der Waals surface area contributed by atoms with Crippen molar-refractivity contribution < 1.29 is 0 Å². The Morgan fingerprint density at radius 1 is 1.88 bits per heavy atom. The second-order valence-corrected chi connectivity index (χ2v) is 1.73. The van der Waals surface area contributed by atoms with Crippen molar-refractivity contribution in [3.05, 3.63) is 22.8 Å². The largest absolute Gasteiger partial charge is 0.361 e. The Morgan fingerprint density at radius 2 is 2.62 bits per heavy atom. The van der Waals surface area contributed by atoms with Gasteiger partial charge in [-0.05, 0) is 5.57 Å². The molecule has 0 saturated carbocycles. The molecule has 0 radical (unpaired) electrons. The Labute approximate surface area is 48.4 Å². The zero-order chi connectivity index (χ0) is 5.98. The fourth-order valence-corrected chi connectivity index (χ4v) is 0.595. The van der Waals surface area contributed by atoms with Gasteiger partial charge in [0.05, 0.1) is 6.21 Å². The molecule has 1 rings (SSSR count). The Hall–Kier alpha value is -1.10. The van der Waals surface area contributed by atoms with Crippen LogP contribution >= 0.6 is 0 Å². The van der Waals surface area contributed by atoms with E-state index in [2.05, 4.69) is 9.84 Å². The first-order valence-corrected chi connectivity index (χ1v) is 2.44. The van der Waals surface area contributed by atoms with E-state index in [1.165, 1.54) is 0 Å². The number of hydrogen-bond donors (Lipinski definition) is 0. The second-order valence-electron chi connectivity index (χ2n) is 1.73. The molecule has 0 N–H and O–H groups in total. The zero-order valence-electron chi connectivity index (χ0n) is 4.68. The van der Waals surface area contributed by atoms with Crippen LogP contribution in [0, 0.1) is 6.57 Å². The minimum atomic E-state index is 0.574. The van der Waals surface area contributed by atoms with Gasteiger partial charge in [-0.25, -0.2) is 0 Å². The highest BCUT2D eigenvalue weighted by Gasteiger charge is 2.04. The molecule has 0 aromatic rings. The van der Waals surface area contributed by atoms with Crippen molar-refractivity contribution >= 4 is 6.21 Å². The van der Waals surface area contributed by atoms with Crippen LogP contribution in [0.5, 0.6) is 0 Å². The van der Waals surface area contributed by atoms with Crippen molar-refractivity contribution in [2.75, 3.05) is 0 Å². The maximum atomic E-state index is 6.58. The summed E-state index contributed by atoms with van der Waals surface area (Å²) in [6.07, 6.45) is 2.63. The predicted molar refractivity (Wildman–Crippen MR) is 32.4 cm³/mol. The van der Waals surface area contributed by atoms with Crippen molar-refractivity contribution in [3.63, 3.8) is 0 Å². The van der Waals surface area contributed by atoms with E-state index in [4.69, 9.17) is 6.57 Å². The van der Waals surface area contributed by atoms with Crippen LogP contribution in [0.4, 0.5) is 0 Å². The van der Waals surface area contributed by atoms with E-state index in [-0.39, 0.29) is 0 Å². The number of allylic oxidation sites excluding steroid dienone is 1. The van der Waals surface area contributed by atoms with Gasteiger partial charge in [0.2, 0.25) is 0 Å². The lowest BCUT2D eigenvalue weighted by Crippen LogP contribution is -1.69. The molecule has 8 heavy (non-hydrogen) atoms. The van der Waals surface area contributed by atoms with Crippen molar-refractivity contribution in [1.82, 2.24) is 0 Å². The number of nitrogens with zero attached hydrogens (tertiary/aromatic N) is 2. The van der Waals surface area contributed by atoms with Gasteiger partial charge in [-0.3, -0.25) is 0 Å². The van der Waals surface area contributed by atoms with Crippen molar-refractivity contribution in [2.24, 2.45) is 4.99 Å². The maximum Gasteiger partial charge on any atom is 0.268 e. The molecule has 0 aromatic carbocycles. The monoisotopic (exact) mass is 106 g/mol. The third kappa shape index (κ3) is 0.627. The molecule has 1 aliphatic heterocycles. The lowest BCUT2D eigenvalue weighted by molar-refractivity contribution is 1.27. The summed E-state index contributed by atoms with van der Waals surface area (Å²) >= 11 is 0. The summed E-state index contributed by atoms with van der Waals surface area (Å²) in [5, 5.41) is 0. The van der Waals surface area contributed by atoms with E-state index >= 15 is 0 Å². The van der Waals surface area contributed by atoms with Gasteiger partial charge in [0.15, 0.2) is 0 Å². The van der Waals surface area contributed by atoms with Crippen LogP contribution in [-0.4, -0.2) is 6.21 Å². The Kier molecular flexibility index (Phi) is 1.13. The molecule has 0 spiro atoms. The molecule has 2 nitrogen and oxygen atoms in total. The summed E-state index contributed by atoms with van der Waals surface area (Å²) in [6.45, 7) is 8.51. The van der Waals surface area contributed by atoms with E-state index in [0.717, 1.165) is 12.0 Å². The van der Waals surface area contributed by atoms with E-state index in [9.17, 15) is 0 Å². The number of aliphatic imine (C=N–C) groups is 1. The van der Waals surface area contributed by atoms with Crippen LogP contribution in [0.1, 0.15) is 13.3 Å². The van der Waals surface area contributed by atoms with Gasteiger partial charge in [0, 0.05) is 6.42 Å². The maximum absolute atomic E-state index is 6.58. The Bertz CT molecular complexity index is 193. The highest BCUT2D eigenvalue weighted by atomic mass is 14.9. The highest BCUT2D eigenvalue weighted by Crippen LogP contribution is 2.14. The van der Waals surface area contributed by atoms with Crippen LogP contribution < -0.4 is 0 Å². The van der Waals surface area contributed by atoms with Crippen LogP contribution in [0.15, 0.2) is 16.4 Å². The highest BCUT2D eigenvalue weighted by molar-refractivity contribution is 5.67. The summed E-state index contributed by atoms with van der Waals surface area (Å²) in [4.78, 5) is 7.04. The molecule has 0 unspecified atom stereocenters. The van der Waals surface area contributed by atoms with E-state index in [1.807, 2.05) is 6.92 Å². The molecule has 0 fully saturated rings. The van der Waals surface area contributed by atoms with Gasteiger partial charge >= 0.3 is 0 Å². The molecule has 0 aromatic heterocycles. The molecule has 0 amide bonds. The number of hydrogen-bond acceptors (Lipinski definition) is 1. The summed E-state index contributed by atoms with van der Waals surface area (Å²) in [7, 11) is 0. The average Bonchev–Trinajstić information content (AvgIpc) is 2.14. The number of rotatable bonds is 0. The van der Waals surface area contributed by atoms with E-state index < -0.39 is 0 Å². The van der Waals surface area contributed by atoms with Gasteiger partial charge in [-0.2, -0.15) is 0 Å². The van der Waals surface area contributed by atoms with Gasteiger partial charge in [-0.1, -0.05) is 13.5 Å². The molecule has 0 bridgehead atoms. The van der Waals surface area contributed by atoms with Crippen LogP contribution in [0.3, 0.4) is 0 Å². The molecule has 0 aliphatic carbocycles. The molecular weight excluding hydrogens is 100 g/mol. The summed E-state index contributed by atoms with van der Waals surface area (Å²) < 4.78 is 0. The Morgan fingerprint density at radius 3 is 2.88 bits per heavy atom. The molecule has 40 valence electrons. The van der Waals surface area contributed by atoms with E-state index in [1.54, 1.807) is 6.21 Å². The topological polar surface area (TPSA) is 16.7 Å². The molecule has 1 aliphatic rings. The molecule has 0 atom stereocenters. The smallest absolute Gasteiger partial charge is 0.268 e. The first-order valence-electron chi connectivity index (χ1n) is 2.44. The van der Waals surface area contributed by atoms with Gasteiger partial charge in [0.1, 0.15) is 0 Å². The molecule has 2 heteroatoms. The SMILES string of the molecule is [C-]#[N+]C1=C(C)CC=N1. The third-order valence-electron chi connectivity index (χ3n) is 1.10. The first kappa shape index (κ1) is 5.04. The molecule has 0 saturated heterocycles. The van der Waals surface area contributed by atoms with Crippen LogP contribution in [0.2, 0.25) is 0 Å². The second kappa shape index (κ2) is 1.79. The summed E-state index contributed by atoms with van der Waals surface area (Å²) in [6, 6.07) is 0. The zero-order valence-corrected chi connectivity index (χ0v) is 4.68. The summed E-state index contributed by atoms with van der Waals surface area (Å²) in [5.41, 5.74) is 1.08. The van der Waals surface area contributed by atoms with Gasteiger partial charge in [0.25, 0.3) is 5.82 Å². The lowest BCUT2D eigenvalue weighted by Gasteiger charge is -1.84. The van der Waals surface area contributed by atoms with E-state index in [0.29, 0.717) is 5.82 Å². The molecular formula is C6H6N2. The van der Waals surface area contributed by atoms with Crippen molar-refractivity contribution in [1.29, 1.82) is 0 Å². The minimum absolute atomic E-state index is 0.574. The Balaban J connectivity index is 2.91. The third-order valence-corrected chi connectivity index (χ3v) is 1.10. The summed E-state index contributed by atoms with van der Waals surface area (Å²) in [5.74, 6) is 0.574. The minimum Gasteiger partial charge on any atom is -0.361 e. The fourth-order valence-electron chi connectivity index (χ4n) is 0.595. The van der Waals surface area contributed by atoms with Crippen molar-refractivity contribution in [2.45, 2.75) is 13.3 Å². The fraction of sp³-hybridized carbons (Fsp3) is 0.333. The average molecular weight is 106 g/mol. The quantitative estimate of drug-likeness (QED) is 0.417. The lowest BCUT2D eigenvalue weighted by atomic mass is 10.3. The first-order chi connectivity index (χ1) is 3.84.